The Labute approximate surface area is 110 Å². The van der Waals surface area contributed by atoms with Crippen molar-refractivity contribution >= 4 is 31.9 Å². The lowest BCUT2D eigenvalue weighted by Gasteiger charge is -2.09. The van der Waals surface area contributed by atoms with Crippen molar-refractivity contribution in [2.24, 2.45) is 0 Å². The zero-order valence-corrected chi connectivity index (χ0v) is 12.6. The van der Waals surface area contributed by atoms with Gasteiger partial charge in [0.25, 0.3) is 0 Å². The quantitative estimate of drug-likeness (QED) is 0.623. The largest absolute Gasteiger partial charge is 0.0654 e. The SMILES string of the molecule is CCCCCc1ccc(CC)c(Br)c1Br. The molecule has 0 aromatic heterocycles. The number of hydrogen-bond donors (Lipinski definition) is 0. The number of aryl methyl sites for hydroxylation is 2. The number of halogens is 2. The first-order valence-corrected chi connectivity index (χ1v) is 7.25. The van der Waals surface area contributed by atoms with E-state index in [1.807, 2.05) is 0 Å². The van der Waals surface area contributed by atoms with Crippen LogP contribution in [0.2, 0.25) is 0 Å². The molecule has 0 bridgehead atoms. The first kappa shape index (κ1) is 13.2. The summed E-state index contributed by atoms with van der Waals surface area (Å²) in [5, 5.41) is 0. The fourth-order valence-corrected chi connectivity index (χ4v) is 2.91. The maximum absolute atomic E-state index is 3.68. The van der Waals surface area contributed by atoms with Crippen molar-refractivity contribution < 1.29 is 0 Å². The van der Waals surface area contributed by atoms with Crippen LogP contribution in [0.1, 0.15) is 44.2 Å². The van der Waals surface area contributed by atoms with Crippen molar-refractivity contribution in [1.82, 2.24) is 0 Å². The van der Waals surface area contributed by atoms with Gasteiger partial charge in [-0.05, 0) is 62.2 Å². The molecule has 0 saturated carbocycles. The van der Waals surface area contributed by atoms with Gasteiger partial charge in [0.1, 0.15) is 0 Å². The summed E-state index contributed by atoms with van der Waals surface area (Å²) >= 11 is 7.33. The van der Waals surface area contributed by atoms with Crippen LogP contribution in [-0.4, -0.2) is 0 Å². The van der Waals surface area contributed by atoms with Crippen molar-refractivity contribution in [2.75, 3.05) is 0 Å². The van der Waals surface area contributed by atoms with Crippen LogP contribution < -0.4 is 0 Å². The molecular weight excluding hydrogens is 316 g/mol. The summed E-state index contributed by atoms with van der Waals surface area (Å²) in [6.45, 7) is 4.43. The van der Waals surface area contributed by atoms with Gasteiger partial charge >= 0.3 is 0 Å². The average molecular weight is 334 g/mol. The van der Waals surface area contributed by atoms with Gasteiger partial charge < -0.3 is 0 Å². The lowest BCUT2D eigenvalue weighted by molar-refractivity contribution is 0.715. The fourth-order valence-electron chi connectivity index (χ4n) is 1.66. The van der Waals surface area contributed by atoms with Gasteiger partial charge in [0, 0.05) is 8.95 Å². The zero-order chi connectivity index (χ0) is 11.3. The molecule has 1 aromatic carbocycles. The van der Waals surface area contributed by atoms with Crippen LogP contribution in [0.3, 0.4) is 0 Å². The maximum atomic E-state index is 3.68. The molecule has 1 aromatic rings. The predicted molar refractivity (Wildman–Crippen MR) is 74.4 cm³/mol. The van der Waals surface area contributed by atoms with Gasteiger partial charge in [0.05, 0.1) is 0 Å². The van der Waals surface area contributed by atoms with Crippen molar-refractivity contribution in [3.05, 3.63) is 32.2 Å². The van der Waals surface area contributed by atoms with Gasteiger partial charge in [-0.1, -0.05) is 38.8 Å². The summed E-state index contributed by atoms with van der Waals surface area (Å²) < 4.78 is 2.48. The van der Waals surface area contributed by atoms with E-state index in [1.54, 1.807) is 0 Å². The van der Waals surface area contributed by atoms with E-state index in [0.29, 0.717) is 0 Å². The number of unbranched alkanes of at least 4 members (excludes halogenated alkanes) is 2. The Bertz CT molecular complexity index is 319. The van der Waals surface area contributed by atoms with Crippen LogP contribution in [0.25, 0.3) is 0 Å². The van der Waals surface area contributed by atoms with Gasteiger partial charge in [0.15, 0.2) is 0 Å². The molecule has 2 heteroatoms. The maximum Gasteiger partial charge on any atom is 0.0352 e. The Kier molecular flexibility index (Phi) is 5.91. The third-order valence-corrected chi connectivity index (χ3v) is 5.02. The van der Waals surface area contributed by atoms with Gasteiger partial charge in [-0.2, -0.15) is 0 Å². The van der Waals surface area contributed by atoms with Gasteiger partial charge in [0.2, 0.25) is 0 Å². The van der Waals surface area contributed by atoms with E-state index in [0.717, 1.165) is 6.42 Å². The molecular formula is C13H18Br2. The Morgan fingerprint density at radius 1 is 0.933 bits per heavy atom. The summed E-state index contributed by atoms with van der Waals surface area (Å²) in [6, 6.07) is 4.49. The zero-order valence-electron chi connectivity index (χ0n) is 9.45. The van der Waals surface area contributed by atoms with Gasteiger partial charge in [-0.3, -0.25) is 0 Å². The number of rotatable bonds is 5. The molecule has 0 heterocycles. The van der Waals surface area contributed by atoms with Crippen molar-refractivity contribution in [2.45, 2.75) is 46.0 Å². The minimum Gasteiger partial charge on any atom is -0.0654 e. The second kappa shape index (κ2) is 6.70. The molecule has 0 atom stereocenters. The molecule has 0 amide bonds. The second-order valence-electron chi connectivity index (χ2n) is 3.82. The number of hydrogen-bond acceptors (Lipinski definition) is 0. The smallest absolute Gasteiger partial charge is 0.0352 e. The molecule has 15 heavy (non-hydrogen) atoms. The van der Waals surface area contributed by atoms with E-state index in [9.17, 15) is 0 Å². The fraction of sp³-hybridized carbons (Fsp3) is 0.538. The van der Waals surface area contributed by atoms with E-state index in [4.69, 9.17) is 0 Å². The highest BCUT2D eigenvalue weighted by Gasteiger charge is 2.07. The number of benzene rings is 1. The molecule has 0 aliphatic rings. The summed E-state index contributed by atoms with van der Waals surface area (Å²) in [6.07, 6.45) is 6.14. The molecule has 0 radical (unpaired) electrons. The second-order valence-corrected chi connectivity index (χ2v) is 5.41. The third-order valence-electron chi connectivity index (χ3n) is 2.67. The lowest BCUT2D eigenvalue weighted by atomic mass is 10.0. The van der Waals surface area contributed by atoms with E-state index in [1.165, 1.54) is 45.8 Å². The molecule has 0 aliphatic carbocycles. The van der Waals surface area contributed by atoms with E-state index in [2.05, 4.69) is 57.8 Å². The molecule has 84 valence electrons. The van der Waals surface area contributed by atoms with E-state index >= 15 is 0 Å². The molecule has 0 nitrogen and oxygen atoms in total. The van der Waals surface area contributed by atoms with Gasteiger partial charge in [-0.15, -0.1) is 0 Å². The first-order valence-electron chi connectivity index (χ1n) is 5.66. The molecule has 1 rings (SSSR count). The molecule has 0 saturated heterocycles. The predicted octanol–water partition coefficient (Wildman–Crippen LogP) is 5.51. The summed E-state index contributed by atoms with van der Waals surface area (Å²) in [7, 11) is 0. The Balaban J connectivity index is 2.77. The van der Waals surface area contributed by atoms with Crippen molar-refractivity contribution in [3.63, 3.8) is 0 Å². The minimum atomic E-state index is 1.08. The van der Waals surface area contributed by atoms with Crippen LogP contribution in [0.4, 0.5) is 0 Å². The molecule has 0 spiro atoms. The summed E-state index contributed by atoms with van der Waals surface area (Å²) in [5.74, 6) is 0. The Morgan fingerprint density at radius 2 is 1.53 bits per heavy atom. The van der Waals surface area contributed by atoms with Crippen molar-refractivity contribution in [3.8, 4) is 0 Å². The topological polar surface area (TPSA) is 0 Å². The first-order chi connectivity index (χ1) is 7.20. The van der Waals surface area contributed by atoms with Crippen LogP contribution in [0, 0.1) is 0 Å². The van der Waals surface area contributed by atoms with Crippen LogP contribution in [-0.2, 0) is 12.8 Å². The highest BCUT2D eigenvalue weighted by Crippen LogP contribution is 2.31. The highest BCUT2D eigenvalue weighted by molar-refractivity contribution is 9.13. The van der Waals surface area contributed by atoms with Crippen LogP contribution in [0.5, 0.6) is 0 Å². The summed E-state index contributed by atoms with van der Waals surface area (Å²) in [5.41, 5.74) is 2.80. The molecule has 0 aliphatic heterocycles. The van der Waals surface area contributed by atoms with E-state index < -0.39 is 0 Å². The molecule has 0 unspecified atom stereocenters. The monoisotopic (exact) mass is 332 g/mol. The Morgan fingerprint density at radius 3 is 2.13 bits per heavy atom. The van der Waals surface area contributed by atoms with Gasteiger partial charge in [-0.25, -0.2) is 0 Å². The third kappa shape index (κ3) is 3.60. The normalized spacial score (nSPS) is 10.7. The van der Waals surface area contributed by atoms with Crippen molar-refractivity contribution in [1.29, 1.82) is 0 Å². The average Bonchev–Trinajstić information content (AvgIpc) is 2.25. The molecule has 0 N–H and O–H groups in total. The summed E-state index contributed by atoms with van der Waals surface area (Å²) in [4.78, 5) is 0. The highest BCUT2D eigenvalue weighted by atomic mass is 79.9. The van der Waals surface area contributed by atoms with Crippen LogP contribution >= 0.6 is 31.9 Å². The van der Waals surface area contributed by atoms with E-state index in [-0.39, 0.29) is 0 Å². The standard InChI is InChI=1S/C13H18Br2/c1-3-5-6-7-11-9-8-10(4-2)12(14)13(11)15/h8-9H,3-7H2,1-2H3. The molecule has 0 fully saturated rings. The Hall–Kier alpha value is 0.180. The lowest BCUT2D eigenvalue weighted by Crippen LogP contribution is -1.92. The van der Waals surface area contributed by atoms with Crippen LogP contribution in [0.15, 0.2) is 21.1 Å². The minimum absolute atomic E-state index is 1.08.